The van der Waals surface area contributed by atoms with Crippen LogP contribution < -0.4 is 0 Å². The zero-order valence-corrected chi connectivity index (χ0v) is 21.3. The van der Waals surface area contributed by atoms with Gasteiger partial charge in [-0.15, -0.1) is 0 Å². The Kier molecular flexibility index (Phi) is 26.5. The number of carbonyl (C=O) groups excluding carboxylic acids is 1. The van der Waals surface area contributed by atoms with Gasteiger partial charge < -0.3 is 4.74 Å². The van der Waals surface area contributed by atoms with Crippen LogP contribution in [0, 0.1) is 0 Å². The molecule has 0 aliphatic heterocycles. The van der Waals surface area contributed by atoms with Gasteiger partial charge in [0.15, 0.2) is 0 Å². The van der Waals surface area contributed by atoms with E-state index in [1.54, 1.807) is 6.08 Å². The third-order valence-electron chi connectivity index (χ3n) is 6.35. The minimum atomic E-state index is -0.0802. The van der Waals surface area contributed by atoms with Crippen LogP contribution in [0.2, 0.25) is 0 Å². The molecule has 0 rings (SSSR count). The average Bonchev–Trinajstić information content (AvgIpc) is 2.78. The molecule has 0 bridgehead atoms. The molecule has 0 aromatic rings. The lowest BCUT2D eigenvalue weighted by atomic mass is 10.0. The second-order valence-electron chi connectivity index (χ2n) is 9.50. The van der Waals surface area contributed by atoms with E-state index < -0.39 is 0 Å². The van der Waals surface area contributed by atoms with Gasteiger partial charge in [0.1, 0.15) is 6.61 Å². The van der Waals surface area contributed by atoms with Crippen molar-refractivity contribution in [3.8, 4) is 0 Å². The predicted molar refractivity (Wildman–Crippen MR) is 138 cm³/mol. The van der Waals surface area contributed by atoms with E-state index in [9.17, 15) is 4.79 Å². The van der Waals surface area contributed by atoms with Gasteiger partial charge in [-0.25, -0.2) is 0 Å². The highest BCUT2D eigenvalue weighted by Crippen LogP contribution is 2.15. The number of unbranched alkanes of at least 4 members (excludes halogenated alkanes) is 22. The fraction of sp³-hybridized carbons (Fsp3) is 0.897. The van der Waals surface area contributed by atoms with Crippen LogP contribution in [0.5, 0.6) is 0 Å². The van der Waals surface area contributed by atoms with Gasteiger partial charge in [0.05, 0.1) is 0 Å². The molecule has 31 heavy (non-hydrogen) atoms. The van der Waals surface area contributed by atoms with E-state index in [2.05, 4.69) is 13.5 Å². The van der Waals surface area contributed by atoms with Crippen molar-refractivity contribution in [3.05, 3.63) is 12.7 Å². The van der Waals surface area contributed by atoms with Gasteiger partial charge in [0.2, 0.25) is 0 Å². The molecule has 0 aromatic heterocycles. The first-order chi connectivity index (χ1) is 15.3. The Balaban J connectivity index is 3.05. The van der Waals surface area contributed by atoms with Crippen molar-refractivity contribution in [1.29, 1.82) is 0 Å². The summed E-state index contributed by atoms with van der Waals surface area (Å²) < 4.78 is 4.98. The summed E-state index contributed by atoms with van der Waals surface area (Å²) in [6.45, 7) is 6.19. The maximum absolute atomic E-state index is 11.3. The SMILES string of the molecule is C=CCOC(=O)CCCCCCCCCCCCCCCCCCCCCCCCC. The topological polar surface area (TPSA) is 26.3 Å². The smallest absolute Gasteiger partial charge is 0.306 e. The molecule has 2 heteroatoms. The second-order valence-corrected chi connectivity index (χ2v) is 9.50. The summed E-state index contributed by atoms with van der Waals surface area (Å²) in [4.78, 5) is 11.3. The molecule has 0 aliphatic carbocycles. The van der Waals surface area contributed by atoms with Crippen molar-refractivity contribution < 1.29 is 9.53 Å². The first-order valence-corrected chi connectivity index (χ1v) is 14.1. The zero-order valence-electron chi connectivity index (χ0n) is 21.3. The monoisotopic (exact) mass is 436 g/mol. The quantitative estimate of drug-likeness (QED) is 0.0765. The maximum atomic E-state index is 11.3. The number of rotatable bonds is 26. The molecule has 0 aromatic carbocycles. The van der Waals surface area contributed by atoms with Gasteiger partial charge in [-0.1, -0.05) is 161 Å². The lowest BCUT2D eigenvalue weighted by Gasteiger charge is -2.04. The fourth-order valence-corrected chi connectivity index (χ4v) is 4.28. The minimum absolute atomic E-state index is 0.0802. The van der Waals surface area contributed by atoms with E-state index >= 15 is 0 Å². The lowest BCUT2D eigenvalue weighted by molar-refractivity contribution is -0.142. The highest BCUT2D eigenvalue weighted by atomic mass is 16.5. The molecule has 0 spiro atoms. The van der Waals surface area contributed by atoms with Crippen molar-refractivity contribution in [2.75, 3.05) is 6.61 Å². The Labute approximate surface area is 196 Å². The summed E-state index contributed by atoms with van der Waals surface area (Å²) in [6.07, 6.45) is 34.2. The molecule has 0 fully saturated rings. The minimum Gasteiger partial charge on any atom is -0.461 e. The molecule has 0 aliphatic rings. The summed E-state index contributed by atoms with van der Waals surface area (Å²) in [5.74, 6) is -0.0802. The van der Waals surface area contributed by atoms with Crippen LogP contribution in [0.4, 0.5) is 0 Å². The first-order valence-electron chi connectivity index (χ1n) is 14.1. The molecule has 0 amide bonds. The Morgan fingerprint density at radius 2 is 0.839 bits per heavy atom. The third-order valence-corrected chi connectivity index (χ3v) is 6.35. The predicted octanol–water partition coefficient (Wildman–Crippen LogP) is 10.1. The highest BCUT2D eigenvalue weighted by Gasteiger charge is 2.01. The molecule has 0 radical (unpaired) electrons. The summed E-state index contributed by atoms with van der Waals surface area (Å²) in [5, 5.41) is 0. The number of esters is 1. The Bertz CT molecular complexity index is 364. The lowest BCUT2D eigenvalue weighted by Crippen LogP contribution is -2.03. The van der Waals surface area contributed by atoms with Crippen molar-refractivity contribution >= 4 is 5.97 Å². The van der Waals surface area contributed by atoms with Crippen molar-refractivity contribution in [1.82, 2.24) is 0 Å². The largest absolute Gasteiger partial charge is 0.461 e. The molecule has 0 saturated heterocycles. The van der Waals surface area contributed by atoms with Crippen molar-refractivity contribution in [3.63, 3.8) is 0 Å². The number of hydrogen-bond acceptors (Lipinski definition) is 2. The molecule has 2 nitrogen and oxygen atoms in total. The van der Waals surface area contributed by atoms with Gasteiger partial charge in [-0.2, -0.15) is 0 Å². The molecule has 0 heterocycles. The Morgan fingerprint density at radius 1 is 0.548 bits per heavy atom. The molecule has 0 saturated carbocycles. The van der Waals surface area contributed by atoms with Gasteiger partial charge in [-0.3, -0.25) is 4.79 Å². The molecule has 0 unspecified atom stereocenters. The third kappa shape index (κ3) is 27.2. The van der Waals surface area contributed by atoms with E-state index in [1.807, 2.05) is 0 Å². The molecular formula is C29H56O2. The van der Waals surface area contributed by atoms with Gasteiger partial charge in [0, 0.05) is 6.42 Å². The van der Waals surface area contributed by atoms with E-state index in [4.69, 9.17) is 4.74 Å². The summed E-state index contributed by atoms with van der Waals surface area (Å²) in [5.41, 5.74) is 0. The van der Waals surface area contributed by atoms with Crippen LogP contribution in [0.25, 0.3) is 0 Å². The second kappa shape index (κ2) is 27.2. The van der Waals surface area contributed by atoms with E-state index in [1.165, 1.54) is 135 Å². The number of hydrogen-bond donors (Lipinski definition) is 0. The van der Waals surface area contributed by atoms with Crippen LogP contribution in [-0.2, 0) is 9.53 Å². The van der Waals surface area contributed by atoms with E-state index in [0.717, 1.165) is 12.8 Å². The summed E-state index contributed by atoms with van der Waals surface area (Å²) in [7, 11) is 0. The van der Waals surface area contributed by atoms with Crippen LogP contribution in [0.1, 0.15) is 161 Å². The van der Waals surface area contributed by atoms with Gasteiger partial charge >= 0.3 is 5.97 Å². The zero-order chi connectivity index (χ0) is 22.7. The normalized spacial score (nSPS) is 11.0. The molecule has 0 atom stereocenters. The molecular weight excluding hydrogens is 380 g/mol. The average molecular weight is 437 g/mol. The van der Waals surface area contributed by atoms with Crippen LogP contribution in [0.15, 0.2) is 12.7 Å². The van der Waals surface area contributed by atoms with Crippen molar-refractivity contribution in [2.24, 2.45) is 0 Å². The maximum Gasteiger partial charge on any atom is 0.306 e. The Hall–Kier alpha value is -0.790. The number of carbonyl (C=O) groups is 1. The standard InChI is InChI=1S/C29H56O2/c1-3-5-6-7-8-9-10-11-12-13-14-15-16-17-18-19-20-21-22-23-24-25-26-27-29(30)31-28-4-2/h4H,2-3,5-28H2,1H3. The number of ether oxygens (including phenoxy) is 1. The summed E-state index contributed by atoms with van der Waals surface area (Å²) >= 11 is 0. The van der Waals surface area contributed by atoms with Gasteiger partial charge in [0.25, 0.3) is 0 Å². The fourth-order valence-electron chi connectivity index (χ4n) is 4.28. The molecule has 184 valence electrons. The highest BCUT2D eigenvalue weighted by molar-refractivity contribution is 5.69. The Morgan fingerprint density at radius 3 is 1.13 bits per heavy atom. The first kappa shape index (κ1) is 30.2. The van der Waals surface area contributed by atoms with Crippen LogP contribution in [0.3, 0.4) is 0 Å². The summed E-state index contributed by atoms with van der Waals surface area (Å²) in [6, 6.07) is 0. The van der Waals surface area contributed by atoms with Crippen molar-refractivity contribution in [2.45, 2.75) is 161 Å². The van der Waals surface area contributed by atoms with Crippen LogP contribution >= 0.6 is 0 Å². The van der Waals surface area contributed by atoms with E-state index in [0.29, 0.717) is 13.0 Å². The van der Waals surface area contributed by atoms with Gasteiger partial charge in [-0.05, 0) is 6.42 Å². The van der Waals surface area contributed by atoms with Crippen LogP contribution in [-0.4, -0.2) is 12.6 Å². The van der Waals surface area contributed by atoms with E-state index in [-0.39, 0.29) is 5.97 Å². The molecule has 0 N–H and O–H groups in total.